The minimum absolute atomic E-state index is 0.0478. The third-order valence-electron chi connectivity index (χ3n) is 5.11. The van der Waals surface area contributed by atoms with Gasteiger partial charge in [-0.2, -0.15) is 0 Å². The molecule has 1 aliphatic rings. The Morgan fingerprint density at radius 3 is 2.82 bits per heavy atom. The highest BCUT2D eigenvalue weighted by Gasteiger charge is 2.26. The number of amides is 2. The second-order valence-corrected chi connectivity index (χ2v) is 8.57. The van der Waals surface area contributed by atoms with E-state index in [1.54, 1.807) is 0 Å². The van der Waals surface area contributed by atoms with Gasteiger partial charge in [-0.1, -0.05) is 30.8 Å². The van der Waals surface area contributed by atoms with Gasteiger partial charge in [0.15, 0.2) is 5.16 Å². The van der Waals surface area contributed by atoms with Crippen molar-refractivity contribution in [3.05, 3.63) is 24.3 Å². The number of benzene rings is 1. The van der Waals surface area contributed by atoms with Crippen molar-refractivity contribution in [2.24, 2.45) is 0 Å². The Bertz CT molecular complexity index is 833. The normalized spacial score (nSPS) is 17.3. The predicted molar refractivity (Wildman–Crippen MR) is 113 cm³/mol. The molecule has 152 valence electrons. The van der Waals surface area contributed by atoms with Gasteiger partial charge in [-0.25, -0.2) is 4.98 Å². The van der Waals surface area contributed by atoms with E-state index in [0.29, 0.717) is 11.8 Å². The second-order valence-electron chi connectivity index (χ2n) is 7.63. The van der Waals surface area contributed by atoms with Gasteiger partial charge in [0, 0.05) is 18.6 Å². The first-order chi connectivity index (χ1) is 13.5. The van der Waals surface area contributed by atoms with Gasteiger partial charge >= 0.3 is 0 Å². The first-order valence-electron chi connectivity index (χ1n) is 10.2. The zero-order valence-corrected chi connectivity index (χ0v) is 17.8. The van der Waals surface area contributed by atoms with Crippen LogP contribution in [0.4, 0.5) is 0 Å². The number of hydrogen-bond donors (Lipinski definition) is 1. The number of carbonyl (C=O) groups is 2. The predicted octanol–water partition coefficient (Wildman–Crippen LogP) is 3.44. The van der Waals surface area contributed by atoms with Crippen molar-refractivity contribution >= 4 is 34.6 Å². The monoisotopic (exact) mass is 402 g/mol. The molecule has 7 heteroatoms. The van der Waals surface area contributed by atoms with Crippen LogP contribution in [0.25, 0.3) is 11.0 Å². The largest absolute Gasteiger partial charge is 0.352 e. The number of fused-ring (bicyclic) bond motifs is 1. The topological polar surface area (TPSA) is 67.2 Å². The number of nitrogens with zero attached hydrogens (tertiary/aromatic N) is 3. The molecule has 1 aromatic heterocycles. The summed E-state index contributed by atoms with van der Waals surface area (Å²) >= 11 is 1.43. The number of likely N-dealkylation sites (tertiary alicyclic amines) is 1. The summed E-state index contributed by atoms with van der Waals surface area (Å²) in [5.41, 5.74) is 1.76. The first-order valence-corrected chi connectivity index (χ1v) is 11.1. The lowest BCUT2D eigenvalue weighted by atomic mass is 10.0. The molecule has 1 saturated heterocycles. The van der Waals surface area contributed by atoms with E-state index in [-0.39, 0.29) is 24.4 Å². The molecule has 0 spiro atoms. The molecule has 0 radical (unpaired) electrons. The Hall–Kier alpha value is -2.02. The molecule has 3 rings (SSSR count). The molecule has 1 fully saturated rings. The fraction of sp³-hybridized carbons (Fsp3) is 0.571. The molecule has 1 aliphatic heterocycles. The molecular formula is C21H30N4O2S. The molecule has 1 unspecified atom stereocenters. The highest BCUT2D eigenvalue weighted by molar-refractivity contribution is 7.99. The second kappa shape index (κ2) is 9.45. The number of imidazole rings is 1. The van der Waals surface area contributed by atoms with Crippen LogP contribution in [0.2, 0.25) is 0 Å². The molecule has 0 aliphatic carbocycles. The average molecular weight is 403 g/mol. The number of hydrogen-bond acceptors (Lipinski definition) is 4. The number of thioether (sulfide) groups is 1. The number of aromatic nitrogens is 2. The van der Waals surface area contributed by atoms with E-state index in [1.807, 2.05) is 47.6 Å². The lowest BCUT2D eigenvalue weighted by molar-refractivity contribution is -0.132. The Morgan fingerprint density at radius 2 is 2.07 bits per heavy atom. The van der Waals surface area contributed by atoms with E-state index in [9.17, 15) is 9.59 Å². The van der Waals surface area contributed by atoms with Crippen molar-refractivity contribution in [1.29, 1.82) is 0 Å². The summed E-state index contributed by atoms with van der Waals surface area (Å²) in [5.74, 6) is 0.473. The maximum Gasteiger partial charge on any atom is 0.240 e. The Morgan fingerprint density at radius 1 is 1.29 bits per heavy atom. The Balaban J connectivity index is 1.75. The fourth-order valence-electron chi connectivity index (χ4n) is 3.79. The highest BCUT2D eigenvalue weighted by Crippen LogP contribution is 2.26. The minimum atomic E-state index is -0.0478. The standard InChI is InChI=1S/C21H30N4O2S/c1-4-16-9-7-8-12-24(16)20(27)14-28-21-23-17-10-5-6-11-18(17)25(21)13-19(26)22-15(2)3/h5-6,10-11,15-16H,4,7-9,12-14H2,1-3H3,(H,22,26). The molecule has 0 bridgehead atoms. The van der Waals surface area contributed by atoms with Crippen LogP contribution in [0.1, 0.15) is 46.5 Å². The smallest absolute Gasteiger partial charge is 0.240 e. The molecule has 1 atom stereocenters. The van der Waals surface area contributed by atoms with Gasteiger partial charge in [0.25, 0.3) is 0 Å². The van der Waals surface area contributed by atoms with Gasteiger partial charge < -0.3 is 14.8 Å². The number of piperidine rings is 1. The third-order valence-corrected chi connectivity index (χ3v) is 6.08. The Kier molecular flexibility index (Phi) is 6.99. The quantitative estimate of drug-likeness (QED) is 0.721. The van der Waals surface area contributed by atoms with Crippen LogP contribution < -0.4 is 5.32 Å². The summed E-state index contributed by atoms with van der Waals surface area (Å²) in [6, 6.07) is 8.24. The zero-order chi connectivity index (χ0) is 20.1. The van der Waals surface area contributed by atoms with Crippen LogP contribution in [-0.2, 0) is 16.1 Å². The number of carbonyl (C=O) groups excluding carboxylic acids is 2. The maximum atomic E-state index is 12.8. The number of rotatable bonds is 7. The number of nitrogens with one attached hydrogen (secondary N) is 1. The summed E-state index contributed by atoms with van der Waals surface area (Å²) in [6.45, 7) is 7.10. The summed E-state index contributed by atoms with van der Waals surface area (Å²) in [7, 11) is 0. The van der Waals surface area contributed by atoms with Crippen molar-refractivity contribution in [1.82, 2.24) is 19.8 Å². The molecule has 2 amide bonds. The molecular weight excluding hydrogens is 372 g/mol. The van der Waals surface area contributed by atoms with Gasteiger partial charge in [0.2, 0.25) is 11.8 Å². The maximum absolute atomic E-state index is 12.8. The SMILES string of the molecule is CCC1CCCCN1C(=O)CSc1nc2ccccc2n1CC(=O)NC(C)C. The molecule has 0 saturated carbocycles. The van der Waals surface area contributed by atoms with E-state index < -0.39 is 0 Å². The van der Waals surface area contributed by atoms with Gasteiger partial charge in [0.1, 0.15) is 6.54 Å². The van der Waals surface area contributed by atoms with E-state index in [1.165, 1.54) is 18.2 Å². The third kappa shape index (κ3) is 4.87. The van der Waals surface area contributed by atoms with E-state index in [4.69, 9.17) is 0 Å². The van der Waals surface area contributed by atoms with Crippen molar-refractivity contribution in [3.63, 3.8) is 0 Å². The molecule has 28 heavy (non-hydrogen) atoms. The molecule has 2 heterocycles. The lowest BCUT2D eigenvalue weighted by Gasteiger charge is -2.35. The van der Waals surface area contributed by atoms with E-state index >= 15 is 0 Å². The molecule has 2 aromatic rings. The first kappa shape index (κ1) is 20.7. The summed E-state index contributed by atoms with van der Waals surface area (Å²) in [4.78, 5) is 31.9. The van der Waals surface area contributed by atoms with Crippen LogP contribution in [0.15, 0.2) is 29.4 Å². The van der Waals surface area contributed by atoms with Gasteiger partial charge in [0.05, 0.1) is 16.8 Å². The van der Waals surface area contributed by atoms with Crippen molar-refractivity contribution in [3.8, 4) is 0 Å². The summed E-state index contributed by atoms with van der Waals surface area (Å²) in [6.07, 6.45) is 4.39. The van der Waals surface area contributed by atoms with Crippen LogP contribution in [0.5, 0.6) is 0 Å². The summed E-state index contributed by atoms with van der Waals surface area (Å²) < 4.78 is 1.92. The van der Waals surface area contributed by atoms with Crippen LogP contribution in [0, 0.1) is 0 Å². The summed E-state index contributed by atoms with van der Waals surface area (Å²) in [5, 5.41) is 3.65. The van der Waals surface area contributed by atoms with Crippen molar-refractivity contribution in [2.75, 3.05) is 12.3 Å². The minimum Gasteiger partial charge on any atom is -0.352 e. The van der Waals surface area contributed by atoms with Crippen LogP contribution in [-0.4, -0.2) is 50.6 Å². The van der Waals surface area contributed by atoms with Crippen molar-refractivity contribution < 1.29 is 9.59 Å². The van der Waals surface area contributed by atoms with Crippen LogP contribution >= 0.6 is 11.8 Å². The Labute approximate surface area is 171 Å². The average Bonchev–Trinajstić information content (AvgIpc) is 3.03. The zero-order valence-electron chi connectivity index (χ0n) is 17.0. The van der Waals surface area contributed by atoms with Gasteiger partial charge in [-0.15, -0.1) is 0 Å². The lowest BCUT2D eigenvalue weighted by Crippen LogP contribution is -2.44. The van der Waals surface area contributed by atoms with Crippen LogP contribution in [0.3, 0.4) is 0 Å². The number of para-hydroxylation sites is 2. The highest BCUT2D eigenvalue weighted by atomic mass is 32.2. The van der Waals surface area contributed by atoms with Crippen molar-refractivity contribution in [2.45, 2.75) is 70.2 Å². The van der Waals surface area contributed by atoms with E-state index in [2.05, 4.69) is 17.2 Å². The molecule has 6 nitrogen and oxygen atoms in total. The van der Waals surface area contributed by atoms with Gasteiger partial charge in [-0.3, -0.25) is 9.59 Å². The van der Waals surface area contributed by atoms with E-state index in [0.717, 1.165) is 42.0 Å². The fourth-order valence-corrected chi connectivity index (χ4v) is 4.69. The molecule has 1 aromatic carbocycles. The van der Waals surface area contributed by atoms with Gasteiger partial charge in [-0.05, 0) is 51.7 Å². The molecule has 1 N–H and O–H groups in total.